The van der Waals surface area contributed by atoms with Gasteiger partial charge < -0.3 is 20.0 Å². The van der Waals surface area contributed by atoms with Crippen LogP contribution >= 0.6 is 0 Å². The Bertz CT molecular complexity index is 289. The molecule has 2 saturated heterocycles. The summed E-state index contributed by atoms with van der Waals surface area (Å²) < 4.78 is 0. The van der Waals surface area contributed by atoms with Crippen molar-refractivity contribution in [2.45, 2.75) is 12.8 Å². The molecule has 0 aliphatic carbocycles. The first kappa shape index (κ1) is 14.8. The maximum Gasteiger partial charge on any atom is 0.222 e. The molecule has 1 unspecified atom stereocenters. The van der Waals surface area contributed by atoms with Crippen LogP contribution in [0.3, 0.4) is 0 Å². The minimum absolute atomic E-state index is 0.360. The molecular formula is C14H28N4O. The predicted molar refractivity (Wildman–Crippen MR) is 77.2 cm³/mol. The van der Waals surface area contributed by atoms with Crippen molar-refractivity contribution in [3.05, 3.63) is 0 Å². The van der Waals surface area contributed by atoms with Crippen LogP contribution in [0.4, 0.5) is 0 Å². The van der Waals surface area contributed by atoms with Gasteiger partial charge in [-0.05, 0) is 33.0 Å². The van der Waals surface area contributed by atoms with Gasteiger partial charge in [0.25, 0.3) is 0 Å². The van der Waals surface area contributed by atoms with Crippen molar-refractivity contribution in [3.63, 3.8) is 0 Å². The summed E-state index contributed by atoms with van der Waals surface area (Å²) in [6.45, 7) is 8.49. The van der Waals surface area contributed by atoms with Crippen LogP contribution in [-0.4, -0.2) is 87.1 Å². The molecule has 2 rings (SSSR count). The average Bonchev–Trinajstić information content (AvgIpc) is 2.70. The minimum Gasteiger partial charge on any atom is -0.342 e. The Morgan fingerprint density at radius 3 is 2.74 bits per heavy atom. The summed E-state index contributed by atoms with van der Waals surface area (Å²) in [7, 11) is 4.16. The SMILES string of the molecule is CN(C)CCCN1CC(CN2CCNCC2)CC1=O. The van der Waals surface area contributed by atoms with Crippen molar-refractivity contribution in [1.29, 1.82) is 0 Å². The molecule has 2 fully saturated rings. The minimum atomic E-state index is 0.360. The van der Waals surface area contributed by atoms with E-state index >= 15 is 0 Å². The van der Waals surface area contributed by atoms with Gasteiger partial charge in [-0.15, -0.1) is 0 Å². The maximum atomic E-state index is 12.0. The summed E-state index contributed by atoms with van der Waals surface area (Å²) in [5, 5.41) is 3.37. The summed E-state index contributed by atoms with van der Waals surface area (Å²) in [4.78, 5) is 18.7. The normalized spacial score (nSPS) is 25.5. The molecule has 1 amide bonds. The molecule has 0 spiro atoms. The molecule has 19 heavy (non-hydrogen) atoms. The molecular weight excluding hydrogens is 240 g/mol. The number of amides is 1. The largest absolute Gasteiger partial charge is 0.342 e. The molecule has 0 aromatic carbocycles. The lowest BCUT2D eigenvalue weighted by Gasteiger charge is -2.29. The van der Waals surface area contributed by atoms with Gasteiger partial charge in [0.05, 0.1) is 0 Å². The van der Waals surface area contributed by atoms with Crippen molar-refractivity contribution >= 4 is 5.91 Å². The second-order valence-corrected chi connectivity index (χ2v) is 6.12. The van der Waals surface area contributed by atoms with Gasteiger partial charge in [-0.1, -0.05) is 0 Å². The van der Waals surface area contributed by atoms with Gasteiger partial charge in [-0.2, -0.15) is 0 Å². The van der Waals surface area contributed by atoms with Crippen molar-refractivity contribution in [2.75, 3.05) is 66.5 Å². The van der Waals surface area contributed by atoms with Crippen LogP contribution in [0.15, 0.2) is 0 Å². The van der Waals surface area contributed by atoms with Crippen LogP contribution in [0.1, 0.15) is 12.8 Å². The molecule has 2 aliphatic heterocycles. The van der Waals surface area contributed by atoms with Crippen molar-refractivity contribution in [3.8, 4) is 0 Å². The standard InChI is InChI=1S/C14H28N4O/c1-16(2)6-3-7-18-12-13(10-14(18)19)11-17-8-4-15-5-9-17/h13,15H,3-12H2,1-2H3. The van der Waals surface area contributed by atoms with Gasteiger partial charge in [0, 0.05) is 52.2 Å². The topological polar surface area (TPSA) is 38.8 Å². The first-order chi connectivity index (χ1) is 9.15. The number of carbonyl (C=O) groups is 1. The Kier molecular flexibility index (Phi) is 5.60. The molecule has 0 bridgehead atoms. The van der Waals surface area contributed by atoms with Crippen LogP contribution in [0.25, 0.3) is 0 Å². The molecule has 0 saturated carbocycles. The van der Waals surface area contributed by atoms with E-state index in [2.05, 4.69) is 34.1 Å². The number of nitrogens with one attached hydrogen (secondary N) is 1. The Labute approximate surface area is 116 Å². The van der Waals surface area contributed by atoms with Gasteiger partial charge in [0.2, 0.25) is 5.91 Å². The van der Waals surface area contributed by atoms with E-state index in [4.69, 9.17) is 0 Å². The van der Waals surface area contributed by atoms with Crippen molar-refractivity contribution < 1.29 is 4.79 Å². The summed E-state index contributed by atoms with van der Waals surface area (Å²) in [5.41, 5.74) is 0. The van der Waals surface area contributed by atoms with Crippen LogP contribution in [0.5, 0.6) is 0 Å². The molecule has 0 aromatic heterocycles. The quantitative estimate of drug-likeness (QED) is 0.717. The average molecular weight is 268 g/mol. The molecule has 110 valence electrons. The lowest BCUT2D eigenvalue weighted by molar-refractivity contribution is -0.127. The van der Waals surface area contributed by atoms with E-state index in [9.17, 15) is 4.79 Å². The van der Waals surface area contributed by atoms with E-state index in [1.165, 1.54) is 0 Å². The number of nitrogens with zero attached hydrogens (tertiary/aromatic N) is 3. The number of likely N-dealkylation sites (tertiary alicyclic amines) is 1. The van der Waals surface area contributed by atoms with Crippen LogP contribution in [0, 0.1) is 5.92 Å². The third-order valence-corrected chi connectivity index (χ3v) is 4.05. The molecule has 2 aliphatic rings. The Balaban J connectivity index is 1.69. The zero-order chi connectivity index (χ0) is 13.7. The van der Waals surface area contributed by atoms with E-state index in [1.807, 2.05) is 0 Å². The van der Waals surface area contributed by atoms with Gasteiger partial charge in [0.1, 0.15) is 0 Å². The number of piperazine rings is 1. The fourth-order valence-electron chi connectivity index (χ4n) is 3.03. The molecule has 0 radical (unpaired) electrons. The molecule has 5 heteroatoms. The van der Waals surface area contributed by atoms with Gasteiger partial charge in [0.15, 0.2) is 0 Å². The van der Waals surface area contributed by atoms with E-state index in [0.717, 1.165) is 65.2 Å². The van der Waals surface area contributed by atoms with Gasteiger partial charge in [-0.3, -0.25) is 4.79 Å². The Hall–Kier alpha value is -0.650. The zero-order valence-electron chi connectivity index (χ0n) is 12.4. The highest BCUT2D eigenvalue weighted by atomic mass is 16.2. The van der Waals surface area contributed by atoms with Crippen LogP contribution < -0.4 is 5.32 Å². The monoisotopic (exact) mass is 268 g/mol. The molecule has 0 aromatic rings. The van der Waals surface area contributed by atoms with E-state index in [1.54, 1.807) is 0 Å². The predicted octanol–water partition coefficient (Wildman–Crippen LogP) is -0.308. The van der Waals surface area contributed by atoms with Crippen LogP contribution in [-0.2, 0) is 4.79 Å². The van der Waals surface area contributed by atoms with Gasteiger partial charge >= 0.3 is 0 Å². The molecule has 2 heterocycles. The number of carbonyl (C=O) groups excluding carboxylic acids is 1. The van der Waals surface area contributed by atoms with E-state index < -0.39 is 0 Å². The second-order valence-electron chi connectivity index (χ2n) is 6.12. The fourth-order valence-corrected chi connectivity index (χ4v) is 3.03. The highest BCUT2D eigenvalue weighted by Crippen LogP contribution is 2.19. The smallest absolute Gasteiger partial charge is 0.222 e. The third-order valence-electron chi connectivity index (χ3n) is 4.05. The maximum absolute atomic E-state index is 12.0. The van der Waals surface area contributed by atoms with Crippen molar-refractivity contribution in [1.82, 2.24) is 20.0 Å². The third kappa shape index (κ3) is 4.75. The second kappa shape index (κ2) is 7.22. The summed E-state index contributed by atoms with van der Waals surface area (Å²) >= 11 is 0. The first-order valence-electron chi connectivity index (χ1n) is 7.50. The highest BCUT2D eigenvalue weighted by Gasteiger charge is 2.30. The number of hydrogen-bond donors (Lipinski definition) is 1. The number of rotatable bonds is 6. The molecule has 1 N–H and O–H groups in total. The van der Waals surface area contributed by atoms with Gasteiger partial charge in [-0.25, -0.2) is 0 Å². The van der Waals surface area contributed by atoms with E-state index in [0.29, 0.717) is 11.8 Å². The highest BCUT2D eigenvalue weighted by molar-refractivity contribution is 5.78. The Morgan fingerprint density at radius 1 is 1.32 bits per heavy atom. The van der Waals surface area contributed by atoms with Crippen molar-refractivity contribution in [2.24, 2.45) is 5.92 Å². The first-order valence-corrected chi connectivity index (χ1v) is 7.50. The lowest BCUT2D eigenvalue weighted by Crippen LogP contribution is -2.45. The lowest BCUT2D eigenvalue weighted by atomic mass is 10.1. The van der Waals surface area contributed by atoms with Crippen LogP contribution in [0.2, 0.25) is 0 Å². The zero-order valence-corrected chi connectivity index (χ0v) is 12.4. The summed E-state index contributed by atoms with van der Waals surface area (Å²) in [6.07, 6.45) is 1.84. The molecule has 1 atom stereocenters. The van der Waals surface area contributed by atoms with E-state index in [-0.39, 0.29) is 0 Å². The fraction of sp³-hybridized carbons (Fsp3) is 0.929. The summed E-state index contributed by atoms with van der Waals surface area (Å²) in [5.74, 6) is 0.906. The Morgan fingerprint density at radius 2 is 2.05 bits per heavy atom. The molecule has 5 nitrogen and oxygen atoms in total. The number of hydrogen-bond acceptors (Lipinski definition) is 4. The summed E-state index contributed by atoms with van der Waals surface area (Å²) in [6, 6.07) is 0.